The molecule has 0 saturated heterocycles. The normalized spacial score (nSPS) is 12.4. The molecular weight excluding hydrogens is 294 g/mol. The third-order valence-corrected chi connectivity index (χ3v) is 3.88. The molecule has 3 rings (SSSR count). The molecule has 0 saturated carbocycles. The van der Waals surface area contributed by atoms with Gasteiger partial charge in [-0.2, -0.15) is 0 Å². The first-order valence-electron chi connectivity index (χ1n) is 6.10. The molecule has 3 N–H and O–H groups in total. The summed E-state index contributed by atoms with van der Waals surface area (Å²) in [6.07, 6.45) is 0. The van der Waals surface area contributed by atoms with E-state index in [-0.39, 0.29) is 18.5 Å². The highest BCUT2D eigenvalue weighted by molar-refractivity contribution is 7.99. The summed E-state index contributed by atoms with van der Waals surface area (Å²) in [4.78, 5) is 11.9. The van der Waals surface area contributed by atoms with Crippen molar-refractivity contribution in [2.45, 2.75) is 5.16 Å². The van der Waals surface area contributed by atoms with Crippen LogP contribution in [-0.4, -0.2) is 33.2 Å². The van der Waals surface area contributed by atoms with Crippen molar-refractivity contribution >= 4 is 29.3 Å². The fraction of sp³-hybridized carbons (Fsp3) is 0.250. The van der Waals surface area contributed by atoms with Crippen LogP contribution in [0.2, 0.25) is 0 Å². The second-order valence-corrected chi connectivity index (χ2v) is 5.25. The SMILES string of the molecule is Cn1c(N)nnc1SCC(=O)Nc1ccc2c(c1)OCO2. The Balaban J connectivity index is 1.58. The summed E-state index contributed by atoms with van der Waals surface area (Å²) in [5.41, 5.74) is 6.23. The van der Waals surface area contributed by atoms with E-state index in [1.54, 1.807) is 29.8 Å². The van der Waals surface area contributed by atoms with Gasteiger partial charge < -0.3 is 20.5 Å². The molecule has 0 spiro atoms. The van der Waals surface area contributed by atoms with Crippen LogP contribution in [0.4, 0.5) is 11.6 Å². The van der Waals surface area contributed by atoms with Crippen LogP contribution in [0.1, 0.15) is 0 Å². The number of ether oxygens (including phenoxy) is 2. The number of carbonyl (C=O) groups excluding carboxylic acids is 1. The first-order chi connectivity index (χ1) is 10.1. The number of nitrogen functional groups attached to an aromatic ring is 1. The molecule has 0 atom stereocenters. The van der Waals surface area contributed by atoms with Gasteiger partial charge in [0.1, 0.15) is 0 Å². The van der Waals surface area contributed by atoms with Crippen molar-refractivity contribution in [3.63, 3.8) is 0 Å². The Bertz CT molecular complexity index is 688. The zero-order valence-electron chi connectivity index (χ0n) is 11.2. The lowest BCUT2D eigenvalue weighted by molar-refractivity contribution is -0.113. The smallest absolute Gasteiger partial charge is 0.234 e. The van der Waals surface area contributed by atoms with Crippen molar-refractivity contribution in [3.05, 3.63) is 18.2 Å². The highest BCUT2D eigenvalue weighted by Gasteiger charge is 2.14. The molecule has 0 fully saturated rings. The number of thioether (sulfide) groups is 1. The minimum Gasteiger partial charge on any atom is -0.454 e. The number of hydrogen-bond donors (Lipinski definition) is 2. The van der Waals surface area contributed by atoms with E-state index >= 15 is 0 Å². The quantitative estimate of drug-likeness (QED) is 0.807. The van der Waals surface area contributed by atoms with Gasteiger partial charge in [-0.15, -0.1) is 10.2 Å². The zero-order valence-corrected chi connectivity index (χ0v) is 12.0. The number of benzene rings is 1. The van der Waals surface area contributed by atoms with Crippen LogP contribution in [0.3, 0.4) is 0 Å². The number of carbonyl (C=O) groups is 1. The molecular formula is C12H13N5O3S. The maximum absolute atomic E-state index is 11.9. The van der Waals surface area contributed by atoms with E-state index in [1.165, 1.54) is 11.8 Å². The van der Waals surface area contributed by atoms with Gasteiger partial charge in [-0.3, -0.25) is 9.36 Å². The first kappa shape index (κ1) is 13.6. The third kappa shape index (κ3) is 2.87. The van der Waals surface area contributed by atoms with Crippen LogP contribution in [-0.2, 0) is 11.8 Å². The molecule has 21 heavy (non-hydrogen) atoms. The fourth-order valence-corrected chi connectivity index (χ4v) is 2.47. The van der Waals surface area contributed by atoms with E-state index in [1.807, 2.05) is 0 Å². The lowest BCUT2D eigenvalue weighted by atomic mass is 10.3. The van der Waals surface area contributed by atoms with Gasteiger partial charge in [0, 0.05) is 18.8 Å². The number of nitrogens with two attached hydrogens (primary N) is 1. The number of anilines is 2. The molecule has 0 bridgehead atoms. The third-order valence-electron chi connectivity index (χ3n) is 2.86. The highest BCUT2D eigenvalue weighted by Crippen LogP contribution is 2.34. The number of hydrogen-bond acceptors (Lipinski definition) is 7. The number of rotatable bonds is 4. The summed E-state index contributed by atoms with van der Waals surface area (Å²) in [6, 6.07) is 5.25. The second kappa shape index (κ2) is 5.52. The Morgan fingerprint density at radius 3 is 3.00 bits per heavy atom. The summed E-state index contributed by atoms with van der Waals surface area (Å²) < 4.78 is 12.1. The minimum absolute atomic E-state index is 0.152. The molecule has 2 aromatic rings. The number of amides is 1. The average molecular weight is 307 g/mol. The van der Waals surface area contributed by atoms with Gasteiger partial charge in [-0.05, 0) is 12.1 Å². The summed E-state index contributed by atoms with van der Waals surface area (Å²) in [5.74, 6) is 1.67. The first-order valence-corrected chi connectivity index (χ1v) is 7.09. The van der Waals surface area contributed by atoms with Gasteiger partial charge in [0.05, 0.1) is 5.75 Å². The average Bonchev–Trinajstić information content (AvgIpc) is 3.05. The van der Waals surface area contributed by atoms with Crippen LogP contribution in [0.25, 0.3) is 0 Å². The maximum Gasteiger partial charge on any atom is 0.234 e. The Labute approximate surface area is 124 Å². The lowest BCUT2D eigenvalue weighted by Gasteiger charge is -2.06. The van der Waals surface area contributed by atoms with Gasteiger partial charge in [0.25, 0.3) is 0 Å². The van der Waals surface area contributed by atoms with Crippen molar-refractivity contribution in [2.75, 3.05) is 23.6 Å². The molecule has 1 aliphatic heterocycles. The minimum atomic E-state index is -0.152. The van der Waals surface area contributed by atoms with Gasteiger partial charge in [0.15, 0.2) is 16.7 Å². The predicted molar refractivity (Wildman–Crippen MR) is 77.3 cm³/mol. The van der Waals surface area contributed by atoms with Crippen molar-refractivity contribution in [3.8, 4) is 11.5 Å². The Kier molecular flexibility index (Phi) is 3.57. The van der Waals surface area contributed by atoms with E-state index in [4.69, 9.17) is 15.2 Å². The van der Waals surface area contributed by atoms with E-state index < -0.39 is 0 Å². The van der Waals surface area contributed by atoms with E-state index in [2.05, 4.69) is 15.5 Å². The number of fused-ring (bicyclic) bond motifs is 1. The molecule has 2 heterocycles. The largest absolute Gasteiger partial charge is 0.454 e. The van der Waals surface area contributed by atoms with Crippen molar-refractivity contribution < 1.29 is 14.3 Å². The van der Waals surface area contributed by atoms with Crippen LogP contribution in [0.5, 0.6) is 11.5 Å². The fourth-order valence-electron chi connectivity index (χ4n) is 1.75. The van der Waals surface area contributed by atoms with Gasteiger partial charge >= 0.3 is 0 Å². The number of aromatic nitrogens is 3. The standard InChI is InChI=1S/C12H13N5O3S/c1-17-11(13)15-16-12(17)21-5-10(18)14-7-2-3-8-9(4-7)20-6-19-8/h2-4H,5-6H2,1H3,(H2,13,15)(H,14,18). The molecule has 0 radical (unpaired) electrons. The number of nitrogens with one attached hydrogen (secondary N) is 1. The zero-order chi connectivity index (χ0) is 14.8. The molecule has 9 heteroatoms. The summed E-state index contributed by atoms with van der Waals surface area (Å²) in [7, 11) is 1.74. The summed E-state index contributed by atoms with van der Waals surface area (Å²) in [5, 5.41) is 11.0. The van der Waals surface area contributed by atoms with E-state index in [0.29, 0.717) is 28.3 Å². The molecule has 1 amide bonds. The van der Waals surface area contributed by atoms with Crippen LogP contribution < -0.4 is 20.5 Å². The molecule has 8 nitrogen and oxygen atoms in total. The number of nitrogens with zero attached hydrogens (tertiary/aromatic N) is 3. The van der Waals surface area contributed by atoms with Crippen molar-refractivity contribution in [2.24, 2.45) is 7.05 Å². The summed E-state index contributed by atoms with van der Waals surface area (Å²) >= 11 is 1.26. The molecule has 0 aliphatic carbocycles. The molecule has 110 valence electrons. The van der Waals surface area contributed by atoms with Crippen molar-refractivity contribution in [1.29, 1.82) is 0 Å². The van der Waals surface area contributed by atoms with Gasteiger partial charge in [-0.1, -0.05) is 11.8 Å². The second-order valence-electron chi connectivity index (χ2n) is 4.30. The Morgan fingerprint density at radius 1 is 1.43 bits per heavy atom. The molecule has 1 aromatic heterocycles. The van der Waals surface area contributed by atoms with Gasteiger partial charge in [-0.25, -0.2) is 0 Å². The summed E-state index contributed by atoms with van der Waals surface area (Å²) in [6.45, 7) is 0.205. The Morgan fingerprint density at radius 2 is 2.24 bits per heavy atom. The topological polar surface area (TPSA) is 104 Å². The molecule has 1 aromatic carbocycles. The van der Waals surface area contributed by atoms with Crippen LogP contribution in [0, 0.1) is 0 Å². The van der Waals surface area contributed by atoms with Crippen LogP contribution in [0.15, 0.2) is 23.4 Å². The monoisotopic (exact) mass is 307 g/mol. The van der Waals surface area contributed by atoms with E-state index in [0.717, 1.165) is 0 Å². The van der Waals surface area contributed by atoms with E-state index in [9.17, 15) is 4.79 Å². The van der Waals surface area contributed by atoms with Gasteiger partial charge in [0.2, 0.25) is 18.6 Å². The van der Waals surface area contributed by atoms with Crippen LogP contribution >= 0.6 is 11.8 Å². The highest BCUT2D eigenvalue weighted by atomic mass is 32.2. The maximum atomic E-state index is 11.9. The Hall–Kier alpha value is -2.42. The molecule has 1 aliphatic rings. The predicted octanol–water partition coefficient (Wildman–Crippen LogP) is 0.857. The lowest BCUT2D eigenvalue weighted by Crippen LogP contribution is -2.14. The van der Waals surface area contributed by atoms with Crippen molar-refractivity contribution in [1.82, 2.24) is 14.8 Å². The molecule has 0 unspecified atom stereocenters.